The zero-order chi connectivity index (χ0) is 21.1. The van der Waals surface area contributed by atoms with Gasteiger partial charge in [-0.3, -0.25) is 9.59 Å². The fraction of sp³-hybridized carbons (Fsp3) is 0.304. The molecule has 2 N–H and O–H groups in total. The standard InChI is InChI=1S/C23H29N3O3/c1-4-26(5-2)16-17-29-22-9-7-6-8-21(22)25-23(28)15-12-19-10-13-20(14-11-19)24-18(3)27/h6-15H,4-5,16-17H2,1-3H3,(H,24,27)(H,25,28)/b15-12+. The number of para-hydroxylation sites is 2. The van der Waals surface area contributed by atoms with Gasteiger partial charge in [0.2, 0.25) is 11.8 Å². The second-order valence-electron chi connectivity index (χ2n) is 6.50. The summed E-state index contributed by atoms with van der Waals surface area (Å²) < 4.78 is 5.86. The van der Waals surface area contributed by atoms with Gasteiger partial charge in [0.1, 0.15) is 12.4 Å². The Morgan fingerprint density at radius 2 is 1.69 bits per heavy atom. The minimum Gasteiger partial charge on any atom is -0.490 e. The summed E-state index contributed by atoms with van der Waals surface area (Å²) >= 11 is 0. The second kappa shape index (κ2) is 11.7. The van der Waals surface area contributed by atoms with Crippen LogP contribution in [0.4, 0.5) is 11.4 Å². The van der Waals surface area contributed by atoms with Crippen LogP contribution in [0.25, 0.3) is 6.08 Å². The number of benzene rings is 2. The average molecular weight is 396 g/mol. The molecular formula is C23H29N3O3. The molecule has 2 amide bonds. The van der Waals surface area contributed by atoms with Gasteiger partial charge in [-0.05, 0) is 49.0 Å². The molecule has 0 heterocycles. The Hall–Kier alpha value is -3.12. The van der Waals surface area contributed by atoms with Crippen molar-refractivity contribution in [3.05, 3.63) is 60.2 Å². The number of likely N-dealkylation sites (N-methyl/N-ethyl adjacent to an activating group) is 1. The number of hydrogen-bond donors (Lipinski definition) is 2. The summed E-state index contributed by atoms with van der Waals surface area (Å²) in [5.74, 6) is 0.294. The molecule has 2 rings (SSSR count). The Balaban J connectivity index is 1.93. The molecule has 0 saturated carbocycles. The normalized spacial score (nSPS) is 10.9. The molecule has 0 aliphatic rings. The van der Waals surface area contributed by atoms with Crippen molar-refractivity contribution in [2.45, 2.75) is 20.8 Å². The first-order valence-electron chi connectivity index (χ1n) is 9.82. The van der Waals surface area contributed by atoms with Crippen molar-refractivity contribution in [1.82, 2.24) is 4.90 Å². The number of nitrogens with zero attached hydrogens (tertiary/aromatic N) is 1. The van der Waals surface area contributed by atoms with Crippen LogP contribution in [-0.2, 0) is 9.59 Å². The average Bonchev–Trinajstić information content (AvgIpc) is 2.71. The van der Waals surface area contributed by atoms with Crippen molar-refractivity contribution >= 4 is 29.3 Å². The zero-order valence-corrected chi connectivity index (χ0v) is 17.3. The van der Waals surface area contributed by atoms with Crippen LogP contribution >= 0.6 is 0 Å². The lowest BCUT2D eigenvalue weighted by Crippen LogP contribution is -2.28. The summed E-state index contributed by atoms with van der Waals surface area (Å²) in [6, 6.07) is 14.7. The molecule has 0 atom stereocenters. The number of amides is 2. The van der Waals surface area contributed by atoms with E-state index in [1.807, 2.05) is 36.4 Å². The van der Waals surface area contributed by atoms with Crippen LogP contribution in [0.3, 0.4) is 0 Å². The number of carbonyl (C=O) groups is 2. The van der Waals surface area contributed by atoms with E-state index in [2.05, 4.69) is 29.4 Å². The van der Waals surface area contributed by atoms with Crippen molar-refractivity contribution in [3.8, 4) is 5.75 Å². The fourth-order valence-corrected chi connectivity index (χ4v) is 2.75. The molecule has 29 heavy (non-hydrogen) atoms. The lowest BCUT2D eigenvalue weighted by Gasteiger charge is -2.19. The quantitative estimate of drug-likeness (QED) is 0.596. The van der Waals surface area contributed by atoms with Crippen LogP contribution in [0, 0.1) is 0 Å². The van der Waals surface area contributed by atoms with Gasteiger partial charge in [0.15, 0.2) is 0 Å². The van der Waals surface area contributed by atoms with Crippen LogP contribution in [-0.4, -0.2) is 43.0 Å². The molecule has 0 spiro atoms. The van der Waals surface area contributed by atoms with Gasteiger partial charge < -0.3 is 20.3 Å². The van der Waals surface area contributed by atoms with Crippen LogP contribution in [0.15, 0.2) is 54.6 Å². The van der Waals surface area contributed by atoms with Crippen molar-refractivity contribution in [2.75, 3.05) is 36.9 Å². The number of rotatable bonds is 10. The molecule has 6 nitrogen and oxygen atoms in total. The van der Waals surface area contributed by atoms with Gasteiger partial charge in [-0.1, -0.05) is 38.1 Å². The van der Waals surface area contributed by atoms with Crippen LogP contribution in [0.2, 0.25) is 0 Å². The molecule has 0 aliphatic carbocycles. The van der Waals surface area contributed by atoms with E-state index in [1.54, 1.807) is 18.2 Å². The van der Waals surface area contributed by atoms with E-state index < -0.39 is 0 Å². The molecule has 0 saturated heterocycles. The molecule has 2 aromatic rings. The molecule has 0 fully saturated rings. The molecule has 154 valence electrons. The summed E-state index contributed by atoms with van der Waals surface area (Å²) in [7, 11) is 0. The first kappa shape index (κ1) is 22.2. The maximum Gasteiger partial charge on any atom is 0.248 e. The van der Waals surface area contributed by atoms with E-state index >= 15 is 0 Å². The molecule has 0 unspecified atom stereocenters. The predicted octanol–water partition coefficient (Wildman–Crippen LogP) is 4.02. The maximum atomic E-state index is 12.3. The number of nitrogens with one attached hydrogen (secondary N) is 2. The van der Waals surface area contributed by atoms with Gasteiger partial charge >= 0.3 is 0 Å². The van der Waals surface area contributed by atoms with E-state index in [4.69, 9.17) is 4.74 Å². The van der Waals surface area contributed by atoms with Crippen LogP contribution in [0.5, 0.6) is 5.75 Å². The number of carbonyl (C=O) groups excluding carboxylic acids is 2. The van der Waals surface area contributed by atoms with Crippen molar-refractivity contribution < 1.29 is 14.3 Å². The maximum absolute atomic E-state index is 12.3. The molecule has 2 aromatic carbocycles. The summed E-state index contributed by atoms with van der Waals surface area (Å²) in [6.45, 7) is 9.07. The van der Waals surface area contributed by atoms with Gasteiger partial charge in [-0.15, -0.1) is 0 Å². The van der Waals surface area contributed by atoms with E-state index in [-0.39, 0.29) is 11.8 Å². The number of hydrogen-bond acceptors (Lipinski definition) is 4. The molecular weight excluding hydrogens is 366 g/mol. The lowest BCUT2D eigenvalue weighted by molar-refractivity contribution is -0.114. The minimum atomic E-state index is -0.240. The highest BCUT2D eigenvalue weighted by Crippen LogP contribution is 2.23. The van der Waals surface area contributed by atoms with E-state index in [1.165, 1.54) is 13.0 Å². The predicted molar refractivity (Wildman–Crippen MR) is 118 cm³/mol. The smallest absolute Gasteiger partial charge is 0.248 e. The summed E-state index contributed by atoms with van der Waals surface area (Å²) in [5, 5.41) is 5.57. The van der Waals surface area contributed by atoms with Crippen LogP contribution < -0.4 is 15.4 Å². The topological polar surface area (TPSA) is 70.7 Å². The minimum absolute atomic E-state index is 0.120. The van der Waals surface area contributed by atoms with E-state index in [0.717, 1.165) is 30.9 Å². The molecule has 0 aromatic heterocycles. The first-order valence-corrected chi connectivity index (χ1v) is 9.82. The Morgan fingerprint density at radius 1 is 1.00 bits per heavy atom. The van der Waals surface area contributed by atoms with Gasteiger partial charge in [-0.2, -0.15) is 0 Å². The first-order chi connectivity index (χ1) is 14.0. The number of ether oxygens (including phenoxy) is 1. The highest BCUT2D eigenvalue weighted by Gasteiger charge is 2.06. The zero-order valence-electron chi connectivity index (χ0n) is 17.3. The number of anilines is 2. The monoisotopic (exact) mass is 395 g/mol. The summed E-state index contributed by atoms with van der Waals surface area (Å²) in [6.07, 6.45) is 3.19. The Kier molecular flexibility index (Phi) is 8.92. The van der Waals surface area contributed by atoms with Crippen molar-refractivity contribution in [3.63, 3.8) is 0 Å². The third-order valence-electron chi connectivity index (χ3n) is 4.36. The van der Waals surface area contributed by atoms with Gasteiger partial charge in [0.05, 0.1) is 5.69 Å². The second-order valence-corrected chi connectivity index (χ2v) is 6.50. The van der Waals surface area contributed by atoms with Gasteiger partial charge in [0.25, 0.3) is 0 Å². The van der Waals surface area contributed by atoms with Crippen molar-refractivity contribution in [1.29, 1.82) is 0 Å². The summed E-state index contributed by atoms with van der Waals surface area (Å²) in [4.78, 5) is 25.6. The summed E-state index contributed by atoms with van der Waals surface area (Å²) in [5.41, 5.74) is 2.22. The fourth-order valence-electron chi connectivity index (χ4n) is 2.75. The Morgan fingerprint density at radius 3 is 2.34 bits per heavy atom. The van der Waals surface area contributed by atoms with Crippen LogP contribution in [0.1, 0.15) is 26.3 Å². The van der Waals surface area contributed by atoms with Crippen molar-refractivity contribution in [2.24, 2.45) is 0 Å². The molecule has 6 heteroatoms. The van der Waals surface area contributed by atoms with E-state index in [0.29, 0.717) is 18.0 Å². The van der Waals surface area contributed by atoms with E-state index in [9.17, 15) is 9.59 Å². The van der Waals surface area contributed by atoms with Gasteiger partial charge in [-0.25, -0.2) is 0 Å². The lowest BCUT2D eigenvalue weighted by atomic mass is 10.2. The van der Waals surface area contributed by atoms with Gasteiger partial charge in [0, 0.05) is 25.2 Å². The Labute approximate surface area is 172 Å². The third-order valence-corrected chi connectivity index (χ3v) is 4.36. The highest BCUT2D eigenvalue weighted by atomic mass is 16.5. The Bertz CT molecular complexity index is 828. The molecule has 0 bridgehead atoms. The molecule has 0 radical (unpaired) electrons. The highest BCUT2D eigenvalue weighted by molar-refractivity contribution is 6.02. The third kappa shape index (κ3) is 7.79. The molecule has 0 aliphatic heterocycles. The SMILES string of the molecule is CCN(CC)CCOc1ccccc1NC(=O)/C=C/c1ccc(NC(C)=O)cc1. The largest absolute Gasteiger partial charge is 0.490 e.